The first kappa shape index (κ1) is 17.5. The largest absolute Gasteiger partial charge is 0.378 e. The standard InChI is InChI=1S/C18H22N6O3/c25-17(22-8-10-27-11-9-22)16-2-1-7-23(16)18(26)21-14-3-5-15(6-4-14)24-13-19-12-20-24/h3-6,12-13,16H,1-2,7-11H2,(H,21,26)/t16-/m0/s1. The van der Waals surface area contributed by atoms with Gasteiger partial charge >= 0.3 is 6.03 Å². The minimum atomic E-state index is -0.391. The maximum absolute atomic E-state index is 12.8. The van der Waals surface area contributed by atoms with E-state index in [0.29, 0.717) is 45.0 Å². The Hall–Kier alpha value is -2.94. The summed E-state index contributed by atoms with van der Waals surface area (Å²) in [5, 5.41) is 6.96. The van der Waals surface area contributed by atoms with Crippen LogP contribution in [0, 0.1) is 0 Å². The summed E-state index contributed by atoms with van der Waals surface area (Å²) in [6.45, 7) is 2.89. The number of amides is 3. The average Bonchev–Trinajstić information content (AvgIpc) is 3.41. The van der Waals surface area contributed by atoms with Crippen LogP contribution in [-0.4, -0.2) is 75.4 Å². The third-order valence-corrected chi connectivity index (χ3v) is 4.92. The van der Waals surface area contributed by atoms with Crippen molar-refractivity contribution in [3.63, 3.8) is 0 Å². The molecule has 142 valence electrons. The highest BCUT2D eigenvalue weighted by molar-refractivity contribution is 5.94. The summed E-state index contributed by atoms with van der Waals surface area (Å²) in [4.78, 5) is 32.9. The van der Waals surface area contributed by atoms with Crippen LogP contribution in [0.5, 0.6) is 0 Å². The average molecular weight is 370 g/mol. The van der Waals surface area contributed by atoms with E-state index in [9.17, 15) is 9.59 Å². The fourth-order valence-corrected chi connectivity index (χ4v) is 3.50. The number of benzene rings is 1. The first-order valence-corrected chi connectivity index (χ1v) is 9.11. The van der Waals surface area contributed by atoms with Gasteiger partial charge in [0.1, 0.15) is 18.7 Å². The predicted molar refractivity (Wildman–Crippen MR) is 97.5 cm³/mol. The molecular weight excluding hydrogens is 348 g/mol. The quantitative estimate of drug-likeness (QED) is 0.874. The van der Waals surface area contributed by atoms with Crippen molar-refractivity contribution in [2.45, 2.75) is 18.9 Å². The van der Waals surface area contributed by atoms with Crippen LogP contribution >= 0.6 is 0 Å². The van der Waals surface area contributed by atoms with E-state index >= 15 is 0 Å². The van der Waals surface area contributed by atoms with E-state index in [1.165, 1.54) is 6.33 Å². The second-order valence-electron chi connectivity index (χ2n) is 6.61. The smallest absolute Gasteiger partial charge is 0.322 e. The number of carbonyl (C=O) groups is 2. The number of nitrogens with one attached hydrogen (secondary N) is 1. The number of hydrogen-bond acceptors (Lipinski definition) is 5. The molecule has 3 amide bonds. The maximum atomic E-state index is 12.8. The summed E-state index contributed by atoms with van der Waals surface area (Å²) in [5.41, 5.74) is 1.53. The summed E-state index contributed by atoms with van der Waals surface area (Å²) >= 11 is 0. The molecule has 0 saturated carbocycles. The minimum Gasteiger partial charge on any atom is -0.378 e. The lowest BCUT2D eigenvalue weighted by atomic mass is 10.2. The molecule has 2 fully saturated rings. The number of anilines is 1. The zero-order chi connectivity index (χ0) is 18.6. The number of ether oxygens (including phenoxy) is 1. The van der Waals surface area contributed by atoms with Gasteiger partial charge in [-0.1, -0.05) is 0 Å². The van der Waals surface area contributed by atoms with Gasteiger partial charge in [0.05, 0.1) is 18.9 Å². The predicted octanol–water partition coefficient (Wildman–Crippen LogP) is 1.12. The normalized spacial score (nSPS) is 19.9. The number of morpholine rings is 1. The Morgan fingerprint density at radius 2 is 1.89 bits per heavy atom. The summed E-state index contributed by atoms with van der Waals surface area (Å²) in [5.74, 6) is 0.0208. The number of likely N-dealkylation sites (tertiary alicyclic amines) is 1. The van der Waals surface area contributed by atoms with Gasteiger partial charge in [0, 0.05) is 25.3 Å². The first-order chi connectivity index (χ1) is 13.2. The van der Waals surface area contributed by atoms with Crippen LogP contribution < -0.4 is 5.32 Å². The van der Waals surface area contributed by atoms with Gasteiger partial charge in [-0.05, 0) is 37.1 Å². The molecule has 9 heteroatoms. The van der Waals surface area contributed by atoms with Crippen LogP contribution in [0.3, 0.4) is 0 Å². The molecule has 4 rings (SSSR count). The van der Waals surface area contributed by atoms with Crippen LogP contribution in [-0.2, 0) is 9.53 Å². The Kier molecular flexibility index (Phi) is 5.01. The van der Waals surface area contributed by atoms with Gasteiger partial charge < -0.3 is 19.9 Å². The zero-order valence-electron chi connectivity index (χ0n) is 15.0. The molecule has 1 aromatic carbocycles. The summed E-state index contributed by atoms with van der Waals surface area (Å²) in [6, 6.07) is 6.69. The summed E-state index contributed by atoms with van der Waals surface area (Å²) in [7, 11) is 0. The molecule has 3 heterocycles. The second kappa shape index (κ2) is 7.75. The van der Waals surface area contributed by atoms with E-state index in [2.05, 4.69) is 15.4 Å². The van der Waals surface area contributed by atoms with E-state index in [-0.39, 0.29) is 11.9 Å². The zero-order valence-corrected chi connectivity index (χ0v) is 15.0. The second-order valence-corrected chi connectivity index (χ2v) is 6.61. The third-order valence-electron chi connectivity index (χ3n) is 4.92. The number of hydrogen-bond donors (Lipinski definition) is 1. The minimum absolute atomic E-state index is 0.0208. The van der Waals surface area contributed by atoms with Crippen LogP contribution in [0.1, 0.15) is 12.8 Å². The summed E-state index contributed by atoms with van der Waals surface area (Å²) < 4.78 is 6.95. The molecule has 1 aromatic heterocycles. The van der Waals surface area contributed by atoms with Crippen molar-refractivity contribution in [1.29, 1.82) is 0 Å². The molecule has 2 aliphatic rings. The Labute approximate surface area is 156 Å². The van der Waals surface area contributed by atoms with Crippen LogP contribution in [0.2, 0.25) is 0 Å². The monoisotopic (exact) mass is 370 g/mol. The number of urea groups is 1. The van der Waals surface area contributed by atoms with E-state index < -0.39 is 6.04 Å². The first-order valence-electron chi connectivity index (χ1n) is 9.11. The van der Waals surface area contributed by atoms with Crippen LogP contribution in [0.4, 0.5) is 10.5 Å². The highest BCUT2D eigenvalue weighted by Gasteiger charge is 2.37. The lowest BCUT2D eigenvalue weighted by Gasteiger charge is -2.32. The fraction of sp³-hybridized carbons (Fsp3) is 0.444. The van der Waals surface area contributed by atoms with Crippen molar-refractivity contribution >= 4 is 17.6 Å². The van der Waals surface area contributed by atoms with Crippen molar-refractivity contribution in [3.05, 3.63) is 36.9 Å². The van der Waals surface area contributed by atoms with Gasteiger partial charge in [0.25, 0.3) is 0 Å². The Morgan fingerprint density at radius 1 is 1.11 bits per heavy atom. The fourth-order valence-electron chi connectivity index (χ4n) is 3.50. The maximum Gasteiger partial charge on any atom is 0.322 e. The topological polar surface area (TPSA) is 92.6 Å². The van der Waals surface area contributed by atoms with Crippen molar-refractivity contribution < 1.29 is 14.3 Å². The Balaban J connectivity index is 1.40. The van der Waals surface area contributed by atoms with E-state index in [1.54, 1.807) is 20.8 Å². The molecule has 0 spiro atoms. The van der Waals surface area contributed by atoms with Crippen LogP contribution in [0.25, 0.3) is 5.69 Å². The van der Waals surface area contributed by atoms with Gasteiger partial charge in [-0.3, -0.25) is 4.79 Å². The summed E-state index contributed by atoms with van der Waals surface area (Å²) in [6.07, 6.45) is 4.61. The molecule has 0 bridgehead atoms. The molecule has 2 aliphatic heterocycles. The number of rotatable bonds is 3. The highest BCUT2D eigenvalue weighted by Crippen LogP contribution is 2.22. The number of nitrogens with zero attached hydrogens (tertiary/aromatic N) is 5. The third kappa shape index (κ3) is 3.77. The molecule has 2 saturated heterocycles. The van der Waals surface area contributed by atoms with Crippen molar-refractivity contribution in [1.82, 2.24) is 24.6 Å². The van der Waals surface area contributed by atoms with Crippen molar-refractivity contribution in [2.24, 2.45) is 0 Å². The van der Waals surface area contributed by atoms with Crippen molar-refractivity contribution in [3.8, 4) is 5.69 Å². The molecule has 9 nitrogen and oxygen atoms in total. The van der Waals surface area contributed by atoms with Gasteiger partial charge in [-0.15, -0.1) is 0 Å². The number of carbonyl (C=O) groups excluding carboxylic acids is 2. The van der Waals surface area contributed by atoms with Gasteiger partial charge in [0.15, 0.2) is 0 Å². The van der Waals surface area contributed by atoms with Crippen molar-refractivity contribution in [2.75, 3.05) is 38.2 Å². The Morgan fingerprint density at radius 3 is 2.59 bits per heavy atom. The Bertz CT molecular complexity index is 786. The lowest BCUT2D eigenvalue weighted by molar-refractivity contribution is -0.139. The SMILES string of the molecule is O=C([C@@H]1CCCN1C(=O)Nc1ccc(-n2cncn2)cc1)N1CCOCC1. The van der Waals surface area contributed by atoms with Crippen LogP contribution in [0.15, 0.2) is 36.9 Å². The lowest BCUT2D eigenvalue weighted by Crippen LogP contribution is -2.51. The molecular formula is C18H22N6O3. The van der Waals surface area contributed by atoms with Gasteiger partial charge in [-0.2, -0.15) is 5.10 Å². The van der Waals surface area contributed by atoms with E-state index in [1.807, 2.05) is 24.3 Å². The molecule has 27 heavy (non-hydrogen) atoms. The number of aromatic nitrogens is 3. The molecule has 0 unspecified atom stereocenters. The molecule has 1 N–H and O–H groups in total. The van der Waals surface area contributed by atoms with E-state index in [0.717, 1.165) is 12.1 Å². The molecule has 2 aromatic rings. The van der Waals surface area contributed by atoms with E-state index in [4.69, 9.17) is 4.74 Å². The highest BCUT2D eigenvalue weighted by atomic mass is 16.5. The molecule has 0 aliphatic carbocycles. The molecule has 0 radical (unpaired) electrons. The van der Waals surface area contributed by atoms with Gasteiger partial charge in [-0.25, -0.2) is 14.5 Å². The van der Waals surface area contributed by atoms with Gasteiger partial charge in [0.2, 0.25) is 5.91 Å². The molecule has 1 atom stereocenters.